The minimum absolute atomic E-state index is 0.284. The quantitative estimate of drug-likeness (QED) is 0.746. The molecule has 0 saturated carbocycles. The zero-order valence-corrected chi connectivity index (χ0v) is 12.7. The van der Waals surface area contributed by atoms with Crippen LogP contribution in [0, 0.1) is 11.3 Å². The Morgan fingerprint density at radius 2 is 1.77 bits per heavy atom. The van der Waals surface area contributed by atoms with Crippen LogP contribution in [0.2, 0.25) is 0 Å². The Labute approximate surface area is 129 Å². The molecule has 0 heterocycles. The van der Waals surface area contributed by atoms with Gasteiger partial charge in [-0.2, -0.15) is 5.26 Å². The second kappa shape index (κ2) is 9.50. The van der Waals surface area contributed by atoms with Gasteiger partial charge in [-0.15, -0.1) is 0 Å². The van der Waals surface area contributed by atoms with E-state index in [9.17, 15) is 9.59 Å². The Hall–Kier alpha value is -2.43. The molecule has 1 N–H and O–H groups in total. The third-order valence-electron chi connectivity index (χ3n) is 2.91. The van der Waals surface area contributed by atoms with Crippen molar-refractivity contribution in [2.75, 3.05) is 45.8 Å². The number of rotatable bonds is 7. The van der Waals surface area contributed by atoms with E-state index in [2.05, 4.69) is 5.32 Å². The summed E-state index contributed by atoms with van der Waals surface area (Å²) in [7, 11) is 3.03. The second-order valence-corrected chi connectivity index (χ2v) is 4.39. The third kappa shape index (κ3) is 5.16. The smallest absolute Gasteiger partial charge is 0.313 e. The summed E-state index contributed by atoms with van der Waals surface area (Å²) in [5.41, 5.74) is 0.603. The molecule has 0 aliphatic heterocycles. The van der Waals surface area contributed by atoms with Crippen molar-refractivity contribution in [1.29, 1.82) is 5.26 Å². The lowest BCUT2D eigenvalue weighted by Gasteiger charge is -2.21. The molecule has 0 aromatic heterocycles. The van der Waals surface area contributed by atoms with Crippen molar-refractivity contribution in [3.8, 4) is 6.07 Å². The third-order valence-corrected chi connectivity index (χ3v) is 2.91. The van der Waals surface area contributed by atoms with Crippen molar-refractivity contribution >= 4 is 17.5 Å². The van der Waals surface area contributed by atoms with E-state index in [1.807, 2.05) is 6.07 Å². The first kappa shape index (κ1) is 17.6. The zero-order chi connectivity index (χ0) is 16.4. The molecule has 2 amide bonds. The first-order chi connectivity index (χ1) is 10.6. The van der Waals surface area contributed by atoms with Crippen molar-refractivity contribution in [3.05, 3.63) is 29.8 Å². The summed E-state index contributed by atoms with van der Waals surface area (Å²) in [5.74, 6) is -1.49. The van der Waals surface area contributed by atoms with Gasteiger partial charge in [0.25, 0.3) is 0 Å². The van der Waals surface area contributed by atoms with Crippen LogP contribution >= 0.6 is 0 Å². The van der Waals surface area contributed by atoms with E-state index in [-0.39, 0.29) is 13.1 Å². The molecule has 7 heteroatoms. The van der Waals surface area contributed by atoms with Crippen LogP contribution in [0.25, 0.3) is 0 Å². The molecule has 0 radical (unpaired) electrons. The molecular formula is C15H19N3O4. The number of amides is 2. The van der Waals surface area contributed by atoms with Crippen LogP contribution in [0.15, 0.2) is 24.3 Å². The lowest BCUT2D eigenvalue weighted by atomic mass is 10.2. The Bertz CT molecular complexity index is 546. The number of nitriles is 1. The van der Waals surface area contributed by atoms with Gasteiger partial charge in [-0.05, 0) is 12.1 Å². The van der Waals surface area contributed by atoms with Gasteiger partial charge in [0.1, 0.15) is 6.07 Å². The molecule has 0 bridgehead atoms. The highest BCUT2D eigenvalue weighted by atomic mass is 16.5. The highest BCUT2D eigenvalue weighted by molar-refractivity contribution is 6.39. The molecule has 1 aromatic rings. The lowest BCUT2D eigenvalue weighted by molar-refractivity contribution is -0.144. The van der Waals surface area contributed by atoms with E-state index in [0.717, 1.165) is 0 Å². The minimum atomic E-state index is -0.796. The highest BCUT2D eigenvalue weighted by Crippen LogP contribution is 2.13. The molecule has 0 unspecified atom stereocenters. The molecular weight excluding hydrogens is 286 g/mol. The summed E-state index contributed by atoms with van der Waals surface area (Å²) < 4.78 is 9.86. The Morgan fingerprint density at radius 1 is 1.18 bits per heavy atom. The molecule has 118 valence electrons. The number of para-hydroxylation sites is 1. The maximum atomic E-state index is 12.2. The Morgan fingerprint density at radius 3 is 2.32 bits per heavy atom. The van der Waals surface area contributed by atoms with E-state index < -0.39 is 11.8 Å². The van der Waals surface area contributed by atoms with Crippen LogP contribution in [0.4, 0.5) is 5.69 Å². The summed E-state index contributed by atoms with van der Waals surface area (Å²) in [6.07, 6.45) is 0. The van der Waals surface area contributed by atoms with E-state index in [1.165, 1.54) is 19.1 Å². The number of nitrogens with one attached hydrogen (secondary N) is 1. The molecule has 1 rings (SSSR count). The van der Waals surface area contributed by atoms with Gasteiger partial charge in [0.15, 0.2) is 0 Å². The largest absolute Gasteiger partial charge is 0.383 e. The van der Waals surface area contributed by atoms with E-state index in [0.29, 0.717) is 24.5 Å². The zero-order valence-electron chi connectivity index (χ0n) is 12.7. The summed E-state index contributed by atoms with van der Waals surface area (Å²) in [4.78, 5) is 25.6. The fourth-order valence-electron chi connectivity index (χ4n) is 1.73. The van der Waals surface area contributed by atoms with Gasteiger partial charge in [0.2, 0.25) is 0 Å². The molecule has 0 spiro atoms. The molecule has 0 saturated heterocycles. The van der Waals surface area contributed by atoms with Gasteiger partial charge in [-0.25, -0.2) is 0 Å². The maximum Gasteiger partial charge on any atom is 0.313 e. The van der Waals surface area contributed by atoms with Crippen LogP contribution in [-0.2, 0) is 19.1 Å². The van der Waals surface area contributed by atoms with E-state index in [4.69, 9.17) is 14.7 Å². The van der Waals surface area contributed by atoms with Crippen molar-refractivity contribution in [2.24, 2.45) is 0 Å². The SMILES string of the molecule is COCCN(CCOC)C(=O)C(=O)Nc1ccccc1C#N. The van der Waals surface area contributed by atoms with Crippen molar-refractivity contribution in [3.63, 3.8) is 0 Å². The number of nitrogens with zero attached hydrogens (tertiary/aromatic N) is 2. The fraction of sp³-hybridized carbons (Fsp3) is 0.400. The number of ether oxygens (including phenoxy) is 2. The van der Waals surface area contributed by atoms with E-state index >= 15 is 0 Å². The Balaban J connectivity index is 2.76. The summed E-state index contributed by atoms with van der Waals surface area (Å²) >= 11 is 0. The highest BCUT2D eigenvalue weighted by Gasteiger charge is 2.22. The number of hydrogen-bond donors (Lipinski definition) is 1. The number of carbonyl (C=O) groups excluding carboxylic acids is 2. The van der Waals surface area contributed by atoms with Gasteiger partial charge in [-0.1, -0.05) is 12.1 Å². The van der Waals surface area contributed by atoms with Gasteiger partial charge >= 0.3 is 11.8 Å². The van der Waals surface area contributed by atoms with Gasteiger partial charge in [-0.3, -0.25) is 9.59 Å². The molecule has 0 aliphatic rings. The first-order valence-electron chi connectivity index (χ1n) is 6.71. The van der Waals surface area contributed by atoms with Crippen molar-refractivity contribution in [1.82, 2.24) is 4.90 Å². The van der Waals surface area contributed by atoms with E-state index in [1.54, 1.807) is 24.3 Å². The molecule has 0 atom stereocenters. The predicted octanol–water partition coefficient (Wildman–Crippen LogP) is 0.618. The minimum Gasteiger partial charge on any atom is -0.383 e. The summed E-state index contributed by atoms with van der Waals surface area (Å²) in [6, 6.07) is 8.44. The van der Waals surface area contributed by atoms with Crippen LogP contribution in [-0.4, -0.2) is 57.2 Å². The lowest BCUT2D eigenvalue weighted by Crippen LogP contribution is -2.43. The van der Waals surface area contributed by atoms with Gasteiger partial charge in [0, 0.05) is 27.3 Å². The molecule has 0 aliphatic carbocycles. The summed E-state index contributed by atoms with van der Waals surface area (Å²) in [5, 5.41) is 11.4. The number of hydrogen-bond acceptors (Lipinski definition) is 5. The average molecular weight is 305 g/mol. The Kier molecular flexibility index (Phi) is 7.61. The average Bonchev–Trinajstić information content (AvgIpc) is 2.55. The van der Waals surface area contributed by atoms with Crippen LogP contribution in [0.1, 0.15) is 5.56 Å². The topological polar surface area (TPSA) is 91.7 Å². The van der Waals surface area contributed by atoms with Crippen LogP contribution < -0.4 is 5.32 Å². The normalized spacial score (nSPS) is 9.86. The van der Waals surface area contributed by atoms with Crippen molar-refractivity contribution in [2.45, 2.75) is 0 Å². The van der Waals surface area contributed by atoms with Crippen LogP contribution in [0.5, 0.6) is 0 Å². The van der Waals surface area contributed by atoms with Crippen molar-refractivity contribution < 1.29 is 19.1 Å². The molecule has 7 nitrogen and oxygen atoms in total. The number of methoxy groups -OCH3 is 2. The number of benzene rings is 1. The van der Waals surface area contributed by atoms with Crippen LogP contribution in [0.3, 0.4) is 0 Å². The summed E-state index contributed by atoms with van der Waals surface area (Å²) in [6.45, 7) is 1.20. The van der Waals surface area contributed by atoms with Gasteiger partial charge in [0.05, 0.1) is 24.5 Å². The molecule has 22 heavy (non-hydrogen) atoms. The monoisotopic (exact) mass is 305 g/mol. The second-order valence-electron chi connectivity index (χ2n) is 4.39. The maximum absolute atomic E-state index is 12.2. The number of anilines is 1. The first-order valence-corrected chi connectivity index (χ1v) is 6.71. The predicted molar refractivity (Wildman–Crippen MR) is 80.1 cm³/mol. The number of carbonyl (C=O) groups is 2. The fourth-order valence-corrected chi connectivity index (χ4v) is 1.73. The standard InChI is InChI=1S/C15H19N3O4/c1-21-9-7-18(8-10-22-2)15(20)14(19)17-13-6-4-3-5-12(13)11-16/h3-6H,7-10H2,1-2H3,(H,17,19). The molecule has 1 aromatic carbocycles. The molecule has 0 fully saturated rings. The van der Waals surface area contributed by atoms with Gasteiger partial charge < -0.3 is 19.7 Å².